The molecule has 0 aromatic carbocycles. The number of nitrogens with one attached hydrogen (secondary N) is 1. The number of rotatable bonds is 1. The van der Waals surface area contributed by atoms with Crippen molar-refractivity contribution in [3.05, 3.63) is 0 Å². The quantitative estimate of drug-likeness (QED) is 0.537. The molecule has 0 aromatic rings. The molecule has 1 saturated heterocycles. The lowest BCUT2D eigenvalue weighted by Crippen LogP contribution is -2.31. The van der Waals surface area contributed by atoms with Gasteiger partial charge < -0.3 is 0 Å². The molecule has 1 rings (SSSR count). The fourth-order valence-electron chi connectivity index (χ4n) is 1.09. The third-order valence-corrected chi connectivity index (χ3v) is 1.71. The number of nitrogens with zero attached hydrogens (tertiary/aromatic N) is 1. The first-order valence-corrected chi connectivity index (χ1v) is 3.30. The van der Waals surface area contributed by atoms with Gasteiger partial charge >= 0.3 is 0 Å². The van der Waals surface area contributed by atoms with Crippen LogP contribution in [0.3, 0.4) is 0 Å². The van der Waals surface area contributed by atoms with Crippen molar-refractivity contribution in [2.24, 2.45) is 0 Å². The smallest absolute Gasteiger partial charge is 0.0225 e. The Labute approximate surface area is 50.8 Å². The minimum atomic E-state index is 0.750. The first-order chi connectivity index (χ1) is 3.83. The Morgan fingerprint density at radius 2 is 2.50 bits per heavy atom. The largest absolute Gasteiger partial charge is 0.252 e. The monoisotopic (exact) mass is 114 g/mol. The average Bonchev–Trinajstić information content (AvgIpc) is 2.14. The van der Waals surface area contributed by atoms with Crippen LogP contribution in [0.2, 0.25) is 0 Å². The van der Waals surface area contributed by atoms with Crippen LogP contribution >= 0.6 is 0 Å². The van der Waals surface area contributed by atoms with Crippen LogP contribution in [0.5, 0.6) is 0 Å². The van der Waals surface area contributed by atoms with Crippen molar-refractivity contribution >= 4 is 0 Å². The van der Waals surface area contributed by atoms with Gasteiger partial charge in [0.15, 0.2) is 0 Å². The SMILES string of the molecule is CCC1CCN(C)N1. The molecular weight excluding hydrogens is 100 g/mol. The molecule has 0 spiro atoms. The number of hydrogen-bond acceptors (Lipinski definition) is 2. The zero-order valence-corrected chi connectivity index (χ0v) is 5.65. The zero-order valence-electron chi connectivity index (χ0n) is 5.65. The van der Waals surface area contributed by atoms with Gasteiger partial charge in [0.2, 0.25) is 0 Å². The topological polar surface area (TPSA) is 15.3 Å². The van der Waals surface area contributed by atoms with E-state index in [1.165, 1.54) is 19.4 Å². The molecular formula is C6H14N2. The third-order valence-electron chi connectivity index (χ3n) is 1.71. The van der Waals surface area contributed by atoms with Gasteiger partial charge in [0.05, 0.1) is 0 Å². The summed E-state index contributed by atoms with van der Waals surface area (Å²) < 4.78 is 0. The second kappa shape index (κ2) is 2.46. The van der Waals surface area contributed by atoms with Crippen molar-refractivity contribution in [2.75, 3.05) is 13.6 Å². The van der Waals surface area contributed by atoms with Crippen LogP contribution in [0.4, 0.5) is 0 Å². The highest BCUT2D eigenvalue weighted by molar-refractivity contribution is 4.70. The van der Waals surface area contributed by atoms with Crippen LogP contribution in [0, 0.1) is 0 Å². The normalized spacial score (nSPS) is 31.5. The Hall–Kier alpha value is -0.0800. The van der Waals surface area contributed by atoms with Crippen molar-refractivity contribution in [1.29, 1.82) is 0 Å². The summed E-state index contributed by atoms with van der Waals surface area (Å²) in [5.41, 5.74) is 3.34. The molecule has 1 aliphatic rings. The van der Waals surface area contributed by atoms with E-state index in [9.17, 15) is 0 Å². The molecule has 1 unspecified atom stereocenters. The Bertz CT molecular complexity index is 72.9. The van der Waals surface area contributed by atoms with Crippen molar-refractivity contribution in [1.82, 2.24) is 10.4 Å². The van der Waals surface area contributed by atoms with Crippen LogP contribution < -0.4 is 5.43 Å². The summed E-state index contributed by atoms with van der Waals surface area (Å²) in [5.74, 6) is 0. The van der Waals surface area contributed by atoms with Crippen molar-refractivity contribution in [3.8, 4) is 0 Å². The fraction of sp³-hybridized carbons (Fsp3) is 1.00. The minimum Gasteiger partial charge on any atom is -0.252 e. The predicted molar refractivity (Wildman–Crippen MR) is 34.5 cm³/mol. The maximum atomic E-state index is 3.34. The van der Waals surface area contributed by atoms with E-state index in [-0.39, 0.29) is 0 Å². The highest BCUT2D eigenvalue weighted by atomic mass is 15.5. The van der Waals surface area contributed by atoms with E-state index >= 15 is 0 Å². The zero-order chi connectivity index (χ0) is 5.98. The second-order valence-corrected chi connectivity index (χ2v) is 2.44. The maximum absolute atomic E-state index is 3.34. The van der Waals surface area contributed by atoms with E-state index in [0.717, 1.165) is 6.04 Å². The Kier molecular flexibility index (Phi) is 1.86. The second-order valence-electron chi connectivity index (χ2n) is 2.44. The third kappa shape index (κ3) is 1.20. The van der Waals surface area contributed by atoms with Gasteiger partial charge in [-0.15, -0.1) is 0 Å². The lowest BCUT2D eigenvalue weighted by atomic mass is 10.2. The molecule has 1 aliphatic heterocycles. The van der Waals surface area contributed by atoms with Crippen LogP contribution in [0.1, 0.15) is 19.8 Å². The highest BCUT2D eigenvalue weighted by Gasteiger charge is 2.15. The first kappa shape index (κ1) is 6.05. The van der Waals surface area contributed by atoms with E-state index in [0.29, 0.717) is 0 Å². The van der Waals surface area contributed by atoms with E-state index < -0.39 is 0 Å². The molecule has 1 atom stereocenters. The van der Waals surface area contributed by atoms with Crippen LogP contribution in [0.25, 0.3) is 0 Å². The summed E-state index contributed by atoms with van der Waals surface area (Å²) in [6.45, 7) is 3.43. The highest BCUT2D eigenvalue weighted by Crippen LogP contribution is 2.05. The van der Waals surface area contributed by atoms with Crippen LogP contribution in [-0.2, 0) is 0 Å². The van der Waals surface area contributed by atoms with Gasteiger partial charge in [0.1, 0.15) is 0 Å². The molecule has 0 bridgehead atoms. The van der Waals surface area contributed by atoms with E-state index in [4.69, 9.17) is 0 Å². The van der Waals surface area contributed by atoms with E-state index in [1.807, 2.05) is 0 Å². The van der Waals surface area contributed by atoms with Gasteiger partial charge in [-0.3, -0.25) is 5.43 Å². The standard InChI is InChI=1S/C6H14N2/c1-3-6-4-5-8(2)7-6/h6-7H,3-5H2,1-2H3. The molecule has 0 radical (unpaired) electrons. The number of hydrazine groups is 1. The maximum Gasteiger partial charge on any atom is 0.0225 e. The van der Waals surface area contributed by atoms with Crippen molar-refractivity contribution in [3.63, 3.8) is 0 Å². The van der Waals surface area contributed by atoms with Crippen molar-refractivity contribution < 1.29 is 0 Å². The molecule has 8 heavy (non-hydrogen) atoms. The average molecular weight is 114 g/mol. The summed E-state index contributed by atoms with van der Waals surface area (Å²) in [5, 5.41) is 2.16. The first-order valence-electron chi connectivity index (χ1n) is 3.30. The Balaban J connectivity index is 2.22. The Morgan fingerprint density at radius 1 is 1.75 bits per heavy atom. The van der Waals surface area contributed by atoms with Gasteiger partial charge in [0.25, 0.3) is 0 Å². The van der Waals surface area contributed by atoms with E-state index in [1.54, 1.807) is 0 Å². The fourth-order valence-corrected chi connectivity index (χ4v) is 1.09. The van der Waals surface area contributed by atoms with Gasteiger partial charge in [-0.1, -0.05) is 6.92 Å². The molecule has 2 nitrogen and oxygen atoms in total. The molecule has 0 amide bonds. The molecule has 0 saturated carbocycles. The predicted octanol–water partition coefficient (Wildman–Crippen LogP) is 0.605. The summed E-state index contributed by atoms with van der Waals surface area (Å²) in [6, 6.07) is 0.750. The van der Waals surface area contributed by atoms with Gasteiger partial charge in [-0.25, -0.2) is 5.01 Å². The Morgan fingerprint density at radius 3 is 2.75 bits per heavy atom. The summed E-state index contributed by atoms with van der Waals surface area (Å²) in [6.07, 6.45) is 2.57. The molecule has 48 valence electrons. The van der Waals surface area contributed by atoms with E-state index in [2.05, 4.69) is 24.4 Å². The van der Waals surface area contributed by atoms with Gasteiger partial charge in [-0.05, 0) is 12.8 Å². The van der Waals surface area contributed by atoms with Gasteiger partial charge in [0, 0.05) is 19.6 Å². The molecule has 1 heterocycles. The van der Waals surface area contributed by atoms with Crippen molar-refractivity contribution in [2.45, 2.75) is 25.8 Å². The molecule has 1 N–H and O–H groups in total. The van der Waals surface area contributed by atoms with Gasteiger partial charge in [-0.2, -0.15) is 0 Å². The molecule has 2 heteroatoms. The van der Waals surface area contributed by atoms with Crippen LogP contribution in [-0.4, -0.2) is 24.6 Å². The lowest BCUT2D eigenvalue weighted by Gasteiger charge is -2.09. The molecule has 1 fully saturated rings. The number of hydrogen-bond donors (Lipinski definition) is 1. The molecule has 0 aromatic heterocycles. The summed E-state index contributed by atoms with van der Waals surface area (Å²) in [4.78, 5) is 0. The minimum absolute atomic E-state index is 0.750. The van der Waals surface area contributed by atoms with Crippen LogP contribution in [0.15, 0.2) is 0 Å². The lowest BCUT2D eigenvalue weighted by molar-refractivity contribution is 0.289. The molecule has 0 aliphatic carbocycles. The summed E-state index contributed by atoms with van der Waals surface area (Å²) >= 11 is 0. The summed E-state index contributed by atoms with van der Waals surface area (Å²) in [7, 11) is 2.09.